The Kier molecular flexibility index (Phi) is 6.79. The average Bonchev–Trinajstić information content (AvgIpc) is 2.76. The Labute approximate surface area is 109 Å². The second-order valence-corrected chi connectivity index (χ2v) is 10.2. The van der Waals surface area contributed by atoms with E-state index in [0.717, 1.165) is 5.92 Å². The molecule has 102 valence electrons. The van der Waals surface area contributed by atoms with Gasteiger partial charge in [-0.3, -0.25) is 0 Å². The van der Waals surface area contributed by atoms with Gasteiger partial charge in [0.05, 0.1) is 0 Å². The summed E-state index contributed by atoms with van der Waals surface area (Å²) >= 11 is 0. The van der Waals surface area contributed by atoms with E-state index in [0.29, 0.717) is 6.10 Å². The van der Waals surface area contributed by atoms with E-state index in [4.69, 9.17) is 4.43 Å². The van der Waals surface area contributed by atoms with Gasteiger partial charge in [-0.25, -0.2) is 0 Å². The lowest BCUT2D eigenvalue weighted by Gasteiger charge is -2.29. The van der Waals surface area contributed by atoms with Gasteiger partial charge in [0.15, 0.2) is 8.32 Å². The maximum atomic E-state index is 6.53. The summed E-state index contributed by atoms with van der Waals surface area (Å²) in [6.07, 6.45) is 9.95. The minimum absolute atomic E-state index is 0.561. The number of rotatable bonds is 8. The van der Waals surface area contributed by atoms with Gasteiger partial charge in [-0.1, -0.05) is 46.5 Å². The Morgan fingerprint density at radius 3 is 2.00 bits per heavy atom. The summed E-state index contributed by atoms with van der Waals surface area (Å²) in [5.74, 6) is 0.922. The molecular weight excluding hydrogens is 224 g/mol. The van der Waals surface area contributed by atoms with E-state index >= 15 is 0 Å². The van der Waals surface area contributed by atoms with Crippen molar-refractivity contribution in [2.24, 2.45) is 5.92 Å². The van der Waals surface area contributed by atoms with Crippen LogP contribution in [0.4, 0.5) is 0 Å². The van der Waals surface area contributed by atoms with Crippen molar-refractivity contribution < 1.29 is 4.43 Å². The Morgan fingerprint density at radius 2 is 1.53 bits per heavy atom. The zero-order chi connectivity index (χ0) is 12.7. The van der Waals surface area contributed by atoms with Gasteiger partial charge < -0.3 is 4.43 Å². The van der Waals surface area contributed by atoms with Crippen LogP contribution < -0.4 is 0 Å². The first-order valence-electron chi connectivity index (χ1n) is 7.81. The van der Waals surface area contributed by atoms with Crippen molar-refractivity contribution in [3.8, 4) is 0 Å². The summed E-state index contributed by atoms with van der Waals surface area (Å²) < 4.78 is 6.53. The Bertz CT molecular complexity index is 195. The van der Waals surface area contributed by atoms with Gasteiger partial charge >= 0.3 is 0 Å². The van der Waals surface area contributed by atoms with Crippen LogP contribution in [0.15, 0.2) is 0 Å². The third kappa shape index (κ3) is 5.13. The average molecular weight is 257 g/mol. The quantitative estimate of drug-likeness (QED) is 0.531. The Balaban J connectivity index is 2.32. The molecule has 1 fully saturated rings. The molecule has 1 aliphatic heterocycles. The molecule has 0 aromatic heterocycles. The predicted octanol–water partition coefficient (Wildman–Crippen LogP) is 5.37. The summed E-state index contributed by atoms with van der Waals surface area (Å²) in [6.45, 7) is 9.40. The normalized spacial score (nSPS) is 21.0. The van der Waals surface area contributed by atoms with Crippen molar-refractivity contribution in [1.82, 2.24) is 0 Å². The zero-order valence-electron chi connectivity index (χ0n) is 12.4. The van der Waals surface area contributed by atoms with Crippen LogP contribution in [0.3, 0.4) is 0 Å². The van der Waals surface area contributed by atoms with Crippen LogP contribution in [0.2, 0.25) is 18.6 Å². The molecule has 1 rings (SSSR count). The van der Waals surface area contributed by atoms with E-state index in [1.165, 1.54) is 57.0 Å². The predicted molar refractivity (Wildman–Crippen MR) is 78.9 cm³/mol. The van der Waals surface area contributed by atoms with Crippen molar-refractivity contribution in [3.05, 3.63) is 0 Å². The molecule has 0 aromatic rings. The summed E-state index contributed by atoms with van der Waals surface area (Å²) in [7, 11) is -1.26. The summed E-state index contributed by atoms with van der Waals surface area (Å²) in [5, 5.41) is 0. The van der Waals surface area contributed by atoms with Crippen molar-refractivity contribution in [2.45, 2.75) is 90.5 Å². The lowest BCUT2D eigenvalue weighted by Crippen LogP contribution is -2.35. The fourth-order valence-corrected chi connectivity index (χ4v) is 6.68. The highest BCUT2D eigenvalue weighted by Crippen LogP contribution is 2.33. The highest BCUT2D eigenvalue weighted by atomic mass is 28.4. The minimum Gasteiger partial charge on any atom is -0.414 e. The van der Waals surface area contributed by atoms with Gasteiger partial charge in [-0.05, 0) is 43.8 Å². The summed E-state index contributed by atoms with van der Waals surface area (Å²) in [5.41, 5.74) is 0. The molecule has 2 heteroatoms. The summed E-state index contributed by atoms with van der Waals surface area (Å²) in [6, 6.07) is 2.82. The summed E-state index contributed by atoms with van der Waals surface area (Å²) in [4.78, 5) is 0. The van der Waals surface area contributed by atoms with Gasteiger partial charge in [0.1, 0.15) is 0 Å². The fraction of sp³-hybridized carbons (Fsp3) is 1.00. The fourth-order valence-electron chi connectivity index (χ4n) is 3.11. The zero-order valence-corrected chi connectivity index (χ0v) is 13.4. The molecule has 0 radical (unpaired) electrons. The lowest BCUT2D eigenvalue weighted by molar-refractivity contribution is 0.164. The third-order valence-electron chi connectivity index (χ3n) is 4.62. The first-order chi connectivity index (χ1) is 8.13. The largest absolute Gasteiger partial charge is 0.414 e. The second-order valence-electron chi connectivity index (χ2n) is 6.06. The monoisotopic (exact) mass is 256 g/mol. The van der Waals surface area contributed by atoms with Crippen molar-refractivity contribution >= 4 is 8.32 Å². The van der Waals surface area contributed by atoms with Crippen LogP contribution in [0.1, 0.15) is 65.7 Å². The van der Waals surface area contributed by atoms with Crippen molar-refractivity contribution in [1.29, 1.82) is 0 Å². The molecule has 1 unspecified atom stereocenters. The molecule has 0 saturated carbocycles. The maximum absolute atomic E-state index is 6.53. The molecule has 0 aliphatic carbocycles. The highest BCUT2D eigenvalue weighted by Gasteiger charge is 2.34. The van der Waals surface area contributed by atoms with Crippen LogP contribution in [0.25, 0.3) is 0 Å². The molecule has 1 heterocycles. The van der Waals surface area contributed by atoms with E-state index in [9.17, 15) is 0 Å². The number of hydrogen-bond acceptors (Lipinski definition) is 1. The van der Waals surface area contributed by atoms with Crippen LogP contribution in [-0.2, 0) is 4.43 Å². The van der Waals surface area contributed by atoms with Gasteiger partial charge in [0, 0.05) is 6.10 Å². The molecular formula is C15H32OSi. The highest BCUT2D eigenvalue weighted by molar-refractivity contribution is 6.73. The first kappa shape index (κ1) is 15.2. The number of hydrogen-bond donors (Lipinski definition) is 0. The maximum Gasteiger partial charge on any atom is 0.190 e. The van der Waals surface area contributed by atoms with Gasteiger partial charge in [0.2, 0.25) is 0 Å². The first-order valence-corrected chi connectivity index (χ1v) is 10.6. The van der Waals surface area contributed by atoms with Crippen molar-refractivity contribution in [2.75, 3.05) is 0 Å². The van der Waals surface area contributed by atoms with Gasteiger partial charge in [-0.15, -0.1) is 0 Å². The van der Waals surface area contributed by atoms with Crippen LogP contribution >= 0.6 is 0 Å². The second kappa shape index (κ2) is 7.58. The van der Waals surface area contributed by atoms with Gasteiger partial charge in [-0.2, -0.15) is 0 Å². The molecule has 0 amide bonds. The van der Waals surface area contributed by atoms with E-state index in [-0.39, 0.29) is 0 Å². The lowest BCUT2D eigenvalue weighted by atomic mass is 9.95. The Hall–Kier alpha value is 0.177. The topological polar surface area (TPSA) is 9.23 Å². The molecule has 1 atom stereocenters. The van der Waals surface area contributed by atoms with Gasteiger partial charge in [0.25, 0.3) is 0 Å². The Morgan fingerprint density at radius 1 is 0.941 bits per heavy atom. The molecule has 17 heavy (non-hydrogen) atoms. The molecule has 1 nitrogen and oxygen atoms in total. The molecule has 1 saturated heterocycles. The minimum atomic E-state index is -1.26. The van der Waals surface area contributed by atoms with Crippen LogP contribution in [0, 0.1) is 5.92 Å². The van der Waals surface area contributed by atoms with Crippen LogP contribution in [-0.4, -0.2) is 14.4 Å². The smallest absolute Gasteiger partial charge is 0.190 e. The third-order valence-corrected chi connectivity index (χ3v) is 8.34. The van der Waals surface area contributed by atoms with E-state index in [1.807, 2.05) is 0 Å². The molecule has 0 spiro atoms. The molecule has 0 aromatic carbocycles. The SMILES string of the molecule is CCC(CC)CCC(CC)O[Si]1(C)CCCC1. The molecule has 0 bridgehead atoms. The van der Waals surface area contributed by atoms with E-state index in [2.05, 4.69) is 27.3 Å². The standard InChI is InChI=1S/C15H32OSi/c1-5-14(6-2)10-11-15(7-3)16-17(4)12-8-9-13-17/h14-15H,5-13H2,1-4H3. The van der Waals surface area contributed by atoms with E-state index in [1.54, 1.807) is 0 Å². The molecule has 1 aliphatic rings. The van der Waals surface area contributed by atoms with Crippen LogP contribution in [0.5, 0.6) is 0 Å². The molecule has 0 N–H and O–H groups in total. The van der Waals surface area contributed by atoms with E-state index < -0.39 is 8.32 Å². The van der Waals surface area contributed by atoms with Crippen molar-refractivity contribution in [3.63, 3.8) is 0 Å².